The number of hydrogen-bond acceptors (Lipinski definition) is 8. The average molecular weight is 631 g/mol. The van der Waals surface area contributed by atoms with Crippen molar-refractivity contribution in [2.75, 3.05) is 6.61 Å². The third-order valence-corrected chi connectivity index (χ3v) is 7.42. The molecule has 40 heavy (non-hydrogen) atoms. The summed E-state index contributed by atoms with van der Waals surface area (Å²) in [5.74, 6) is 0.898. The van der Waals surface area contributed by atoms with E-state index in [4.69, 9.17) is 16.3 Å². The highest BCUT2D eigenvalue weighted by molar-refractivity contribution is 9.10. The van der Waals surface area contributed by atoms with Gasteiger partial charge in [-0.25, -0.2) is 18.7 Å². The molecule has 10 nitrogen and oxygen atoms in total. The third kappa shape index (κ3) is 5.91. The second kappa shape index (κ2) is 12.1. The number of nitrogens with zero attached hydrogens (tertiary/aromatic N) is 7. The smallest absolute Gasteiger partial charge is 0.161 e. The lowest BCUT2D eigenvalue weighted by molar-refractivity contribution is -0.161. The van der Waals surface area contributed by atoms with Crippen molar-refractivity contribution in [2.24, 2.45) is 0 Å². The van der Waals surface area contributed by atoms with E-state index in [2.05, 4.69) is 41.3 Å². The van der Waals surface area contributed by atoms with E-state index >= 15 is 0 Å². The van der Waals surface area contributed by atoms with Gasteiger partial charge in [0.2, 0.25) is 0 Å². The largest absolute Gasteiger partial charge is 0.394 e. The number of aliphatic hydroxyl groups is 2. The molecule has 4 heterocycles. The summed E-state index contributed by atoms with van der Waals surface area (Å²) in [7, 11) is 0. The quantitative estimate of drug-likeness (QED) is 0.293. The zero-order valence-electron chi connectivity index (χ0n) is 21.6. The molecule has 0 spiro atoms. The van der Waals surface area contributed by atoms with Crippen molar-refractivity contribution < 1.29 is 19.3 Å². The number of aliphatic hydroxyl groups excluding tert-OH is 2. The Kier molecular flexibility index (Phi) is 8.52. The summed E-state index contributed by atoms with van der Waals surface area (Å²) in [5, 5.41) is 35.3. The number of fused-ring (bicyclic) bond motifs is 1. The Hall–Kier alpha value is -3.29. The highest BCUT2D eigenvalue weighted by atomic mass is 79.9. The van der Waals surface area contributed by atoms with Crippen LogP contribution in [0.2, 0.25) is 5.02 Å². The van der Waals surface area contributed by atoms with E-state index < -0.39 is 24.4 Å². The molecule has 2 N–H and O–H groups in total. The number of pyridine rings is 1. The lowest BCUT2D eigenvalue weighted by atomic mass is 9.95. The highest BCUT2D eigenvalue weighted by Crippen LogP contribution is 2.38. The van der Waals surface area contributed by atoms with E-state index in [1.54, 1.807) is 53.2 Å². The lowest BCUT2D eigenvalue weighted by Gasteiger charge is -2.38. The molecule has 13 heteroatoms. The van der Waals surface area contributed by atoms with Gasteiger partial charge in [-0.3, -0.25) is 4.98 Å². The molecule has 208 valence electrons. The molecule has 1 aliphatic rings. The molecule has 6 rings (SSSR count). The Morgan fingerprint density at radius 1 is 1.18 bits per heavy atom. The zero-order valence-corrected chi connectivity index (χ0v) is 23.9. The number of halogens is 3. The molecule has 0 aliphatic carbocycles. The van der Waals surface area contributed by atoms with Crippen LogP contribution >= 0.6 is 27.5 Å². The van der Waals surface area contributed by atoms with E-state index in [0.29, 0.717) is 27.6 Å². The normalized spacial score (nSPS) is 20.8. The maximum absolute atomic E-state index is 12.5. The Labute approximate surface area is 242 Å². The van der Waals surface area contributed by atoms with Gasteiger partial charge in [0.25, 0.3) is 0 Å². The van der Waals surface area contributed by atoms with Crippen LogP contribution in [0.15, 0.2) is 65.7 Å². The third-order valence-electron chi connectivity index (χ3n) is 6.56. The van der Waals surface area contributed by atoms with Crippen molar-refractivity contribution in [3.05, 3.63) is 93.7 Å². The summed E-state index contributed by atoms with van der Waals surface area (Å²) in [4.78, 5) is 8.85. The minimum absolute atomic E-state index is 0.199. The number of hydrogen-bond donors (Lipinski definition) is 2. The summed E-state index contributed by atoms with van der Waals surface area (Å²) in [6, 6.07) is 10.1. The SMILES string of the molecule is Cc1ccc(Br)c(F)c1.Cc1nc(C2CC(n3ccnn3)C(O)C(CO)O2)n(-c2cc(Cl)cc3ccncc23)n1. The Morgan fingerprint density at radius 2 is 2.00 bits per heavy atom. The van der Waals surface area contributed by atoms with E-state index in [1.807, 2.05) is 25.1 Å². The Morgan fingerprint density at radius 3 is 2.70 bits per heavy atom. The molecule has 1 saturated heterocycles. The molecular formula is C27H26BrClFN7O3. The predicted molar refractivity (Wildman–Crippen MR) is 150 cm³/mol. The number of aryl methyl sites for hydroxylation is 2. The number of benzene rings is 2. The topological polar surface area (TPSA) is 124 Å². The summed E-state index contributed by atoms with van der Waals surface area (Å²) < 4.78 is 22.4. The first-order valence-corrected chi connectivity index (χ1v) is 13.6. The Bertz CT molecular complexity index is 1620. The maximum atomic E-state index is 12.5. The highest BCUT2D eigenvalue weighted by Gasteiger charge is 2.41. The van der Waals surface area contributed by atoms with Gasteiger partial charge in [-0.1, -0.05) is 22.9 Å². The first-order valence-electron chi connectivity index (χ1n) is 12.4. The van der Waals surface area contributed by atoms with Crippen LogP contribution in [-0.4, -0.2) is 63.8 Å². The van der Waals surface area contributed by atoms with Crippen LogP contribution in [0.25, 0.3) is 16.5 Å². The van der Waals surface area contributed by atoms with Gasteiger partial charge < -0.3 is 14.9 Å². The molecule has 4 atom stereocenters. The van der Waals surface area contributed by atoms with Gasteiger partial charge in [-0.15, -0.1) is 5.10 Å². The Balaban J connectivity index is 0.000000306. The van der Waals surface area contributed by atoms with E-state index in [9.17, 15) is 14.6 Å². The van der Waals surface area contributed by atoms with E-state index in [-0.39, 0.29) is 12.4 Å². The van der Waals surface area contributed by atoms with Crippen molar-refractivity contribution in [2.45, 2.75) is 44.6 Å². The predicted octanol–water partition coefficient (Wildman–Crippen LogP) is 4.69. The first kappa shape index (κ1) is 28.2. The van der Waals surface area contributed by atoms with E-state index in [1.165, 1.54) is 6.07 Å². The molecule has 1 aliphatic heterocycles. The molecule has 2 aromatic carbocycles. The van der Waals surface area contributed by atoms with Gasteiger partial charge in [-0.2, -0.15) is 5.10 Å². The van der Waals surface area contributed by atoms with Crippen molar-refractivity contribution in [1.82, 2.24) is 34.7 Å². The van der Waals surface area contributed by atoms with E-state index in [0.717, 1.165) is 22.0 Å². The molecule has 0 radical (unpaired) electrons. The van der Waals surface area contributed by atoms with Gasteiger partial charge in [0.05, 0.1) is 29.0 Å². The fourth-order valence-electron chi connectivity index (χ4n) is 4.67. The lowest BCUT2D eigenvalue weighted by Crippen LogP contribution is -2.45. The summed E-state index contributed by atoms with van der Waals surface area (Å²) in [6.07, 6.45) is 4.74. The van der Waals surface area contributed by atoms with Gasteiger partial charge in [0, 0.05) is 35.4 Å². The molecule has 4 unspecified atom stereocenters. The monoisotopic (exact) mass is 629 g/mol. The minimum Gasteiger partial charge on any atom is -0.394 e. The molecule has 0 bridgehead atoms. The van der Waals surface area contributed by atoms with Crippen LogP contribution in [0, 0.1) is 19.7 Å². The second-order valence-electron chi connectivity index (χ2n) is 9.39. The number of aromatic nitrogens is 7. The van der Waals surface area contributed by atoms with Crippen LogP contribution in [0.1, 0.15) is 35.8 Å². The van der Waals surface area contributed by atoms with Crippen LogP contribution in [0.4, 0.5) is 4.39 Å². The van der Waals surface area contributed by atoms with Crippen molar-refractivity contribution >= 4 is 38.3 Å². The minimum atomic E-state index is -0.948. The molecule has 5 aromatic rings. The molecule has 1 fully saturated rings. The average Bonchev–Trinajstić information content (AvgIpc) is 3.61. The van der Waals surface area contributed by atoms with Crippen LogP contribution < -0.4 is 0 Å². The standard InChI is InChI=1S/C20H20ClN7O3.C7H6BrF/c1-11-24-20(17-8-16(27-5-4-23-26-27)19(30)18(10-29)31-17)28(25-11)15-7-13(21)6-12-2-3-22-9-14(12)15;1-5-2-3-6(8)7(9)4-5/h2-7,9,16-19,29-30H,8,10H2,1H3;2-4H,1H3. The van der Waals surface area contributed by atoms with Crippen molar-refractivity contribution in [1.29, 1.82) is 0 Å². The van der Waals surface area contributed by atoms with Crippen LogP contribution in [0.5, 0.6) is 0 Å². The van der Waals surface area contributed by atoms with Gasteiger partial charge >= 0.3 is 0 Å². The van der Waals surface area contributed by atoms with Crippen LogP contribution in [-0.2, 0) is 4.74 Å². The van der Waals surface area contributed by atoms with Crippen LogP contribution in [0.3, 0.4) is 0 Å². The van der Waals surface area contributed by atoms with Crippen molar-refractivity contribution in [3.63, 3.8) is 0 Å². The number of ether oxygens (including phenoxy) is 1. The van der Waals surface area contributed by atoms with Gasteiger partial charge in [-0.05, 0) is 71.1 Å². The number of rotatable bonds is 4. The first-order chi connectivity index (χ1) is 19.2. The molecule has 0 amide bonds. The van der Waals surface area contributed by atoms with Gasteiger partial charge in [0.15, 0.2) is 5.82 Å². The second-order valence-corrected chi connectivity index (χ2v) is 10.7. The van der Waals surface area contributed by atoms with Crippen molar-refractivity contribution in [3.8, 4) is 5.69 Å². The summed E-state index contributed by atoms with van der Waals surface area (Å²) in [5.41, 5.74) is 1.66. The fraction of sp³-hybridized carbons (Fsp3) is 0.296. The molecule has 0 saturated carbocycles. The maximum Gasteiger partial charge on any atom is 0.161 e. The molecule has 3 aromatic heterocycles. The fourth-order valence-corrected chi connectivity index (χ4v) is 5.13. The zero-order chi connectivity index (χ0) is 28.4. The van der Waals surface area contributed by atoms with Gasteiger partial charge in [0.1, 0.15) is 30.0 Å². The summed E-state index contributed by atoms with van der Waals surface area (Å²) >= 11 is 9.43. The summed E-state index contributed by atoms with van der Waals surface area (Å²) in [6.45, 7) is 3.30. The molecular weight excluding hydrogens is 605 g/mol.